The SMILES string of the molecule is COC(=O)c1ccccc1NC(=O)C1CC(C)(C)CCC1C(C)C. The molecule has 4 nitrogen and oxygen atoms in total. The molecule has 0 aromatic heterocycles. The first-order valence-electron chi connectivity index (χ1n) is 8.73. The highest BCUT2D eigenvalue weighted by atomic mass is 16.5. The number of esters is 1. The fourth-order valence-electron chi connectivity index (χ4n) is 3.80. The van der Waals surface area contributed by atoms with Gasteiger partial charge in [-0.25, -0.2) is 4.79 Å². The summed E-state index contributed by atoms with van der Waals surface area (Å²) < 4.78 is 4.81. The molecule has 1 aliphatic rings. The third-order valence-corrected chi connectivity index (χ3v) is 5.23. The van der Waals surface area contributed by atoms with E-state index in [1.807, 2.05) is 6.07 Å². The van der Waals surface area contributed by atoms with Gasteiger partial charge in [0.25, 0.3) is 0 Å². The second-order valence-electron chi connectivity index (χ2n) is 7.95. The van der Waals surface area contributed by atoms with Crippen molar-refractivity contribution in [3.05, 3.63) is 29.8 Å². The lowest BCUT2D eigenvalue weighted by Crippen LogP contribution is -2.39. The van der Waals surface area contributed by atoms with Crippen molar-refractivity contribution in [2.45, 2.75) is 47.0 Å². The summed E-state index contributed by atoms with van der Waals surface area (Å²) in [6, 6.07) is 7.00. The summed E-state index contributed by atoms with van der Waals surface area (Å²) in [7, 11) is 1.35. The van der Waals surface area contributed by atoms with E-state index in [0.717, 1.165) is 19.3 Å². The lowest BCUT2D eigenvalue weighted by Gasteiger charge is -2.41. The molecule has 0 saturated heterocycles. The van der Waals surface area contributed by atoms with E-state index in [-0.39, 0.29) is 17.2 Å². The predicted octanol–water partition coefficient (Wildman–Crippen LogP) is 4.51. The molecule has 2 atom stereocenters. The van der Waals surface area contributed by atoms with E-state index in [1.54, 1.807) is 18.2 Å². The molecule has 0 aliphatic heterocycles. The lowest BCUT2D eigenvalue weighted by atomic mass is 9.64. The second-order valence-corrected chi connectivity index (χ2v) is 7.95. The maximum atomic E-state index is 13.0. The summed E-state index contributed by atoms with van der Waals surface area (Å²) in [5.74, 6) is 0.392. The predicted molar refractivity (Wildman–Crippen MR) is 95.9 cm³/mol. The number of para-hydroxylation sites is 1. The van der Waals surface area contributed by atoms with Crippen LogP contribution in [-0.2, 0) is 9.53 Å². The number of amides is 1. The van der Waals surface area contributed by atoms with Crippen molar-refractivity contribution in [2.24, 2.45) is 23.2 Å². The molecule has 0 heterocycles. The summed E-state index contributed by atoms with van der Waals surface area (Å²) in [5.41, 5.74) is 1.10. The molecule has 0 radical (unpaired) electrons. The number of ether oxygens (including phenoxy) is 1. The van der Waals surface area contributed by atoms with Crippen molar-refractivity contribution in [1.29, 1.82) is 0 Å². The summed E-state index contributed by atoms with van der Waals surface area (Å²) in [4.78, 5) is 24.9. The first kappa shape index (κ1) is 18.5. The fourth-order valence-corrected chi connectivity index (χ4v) is 3.80. The Balaban J connectivity index is 2.23. The van der Waals surface area contributed by atoms with Gasteiger partial charge in [0.15, 0.2) is 0 Å². The maximum absolute atomic E-state index is 13.0. The molecular weight excluding hydrogens is 302 g/mol. The maximum Gasteiger partial charge on any atom is 0.339 e. The summed E-state index contributed by atoms with van der Waals surface area (Å²) >= 11 is 0. The van der Waals surface area contributed by atoms with Crippen LogP contribution in [0.2, 0.25) is 0 Å². The minimum absolute atomic E-state index is 0.0119. The third kappa shape index (κ3) is 4.16. The first-order valence-corrected chi connectivity index (χ1v) is 8.73. The van der Waals surface area contributed by atoms with Gasteiger partial charge >= 0.3 is 5.97 Å². The van der Waals surface area contributed by atoms with E-state index >= 15 is 0 Å². The van der Waals surface area contributed by atoms with Crippen molar-refractivity contribution in [2.75, 3.05) is 12.4 Å². The van der Waals surface area contributed by atoms with Crippen LogP contribution >= 0.6 is 0 Å². The van der Waals surface area contributed by atoms with Crippen LogP contribution in [0.25, 0.3) is 0 Å². The summed E-state index contributed by atoms with van der Waals surface area (Å²) in [6.45, 7) is 8.83. The van der Waals surface area contributed by atoms with Crippen molar-refractivity contribution in [3.8, 4) is 0 Å². The van der Waals surface area contributed by atoms with Gasteiger partial charge in [-0.1, -0.05) is 39.8 Å². The molecular formula is C20H29NO3. The number of hydrogen-bond donors (Lipinski definition) is 1. The van der Waals surface area contributed by atoms with Crippen molar-refractivity contribution >= 4 is 17.6 Å². The molecule has 1 saturated carbocycles. The van der Waals surface area contributed by atoms with Gasteiger partial charge in [-0.2, -0.15) is 0 Å². The fraction of sp³-hybridized carbons (Fsp3) is 0.600. The molecule has 0 spiro atoms. The van der Waals surface area contributed by atoms with Crippen molar-refractivity contribution in [3.63, 3.8) is 0 Å². The van der Waals surface area contributed by atoms with E-state index in [2.05, 4.69) is 33.0 Å². The van der Waals surface area contributed by atoms with Gasteiger partial charge < -0.3 is 10.1 Å². The normalized spacial score (nSPS) is 22.9. The summed E-state index contributed by atoms with van der Waals surface area (Å²) in [5, 5.41) is 2.98. The van der Waals surface area contributed by atoms with Crippen LogP contribution in [0.3, 0.4) is 0 Å². The Hall–Kier alpha value is -1.84. The summed E-state index contributed by atoms with van der Waals surface area (Å²) in [6.07, 6.45) is 3.10. The van der Waals surface area contributed by atoms with Gasteiger partial charge in [-0.3, -0.25) is 4.79 Å². The number of methoxy groups -OCH3 is 1. The van der Waals surface area contributed by atoms with Crippen molar-refractivity contribution in [1.82, 2.24) is 0 Å². The quantitative estimate of drug-likeness (QED) is 0.826. The zero-order valence-electron chi connectivity index (χ0n) is 15.4. The smallest absolute Gasteiger partial charge is 0.339 e. The minimum atomic E-state index is -0.435. The van der Waals surface area contributed by atoms with Gasteiger partial charge in [-0.15, -0.1) is 0 Å². The Morgan fingerprint density at radius 3 is 2.54 bits per heavy atom. The monoisotopic (exact) mass is 331 g/mol. The number of benzene rings is 1. The number of hydrogen-bond acceptors (Lipinski definition) is 3. The molecule has 2 rings (SSSR count). The molecule has 1 amide bonds. The molecule has 1 aliphatic carbocycles. The van der Waals surface area contributed by atoms with Crippen LogP contribution in [0.15, 0.2) is 24.3 Å². The number of anilines is 1. The average Bonchev–Trinajstić information content (AvgIpc) is 2.53. The highest BCUT2D eigenvalue weighted by Crippen LogP contribution is 2.45. The molecule has 0 bridgehead atoms. The highest BCUT2D eigenvalue weighted by molar-refractivity contribution is 6.01. The van der Waals surface area contributed by atoms with Crippen LogP contribution in [0.4, 0.5) is 5.69 Å². The van der Waals surface area contributed by atoms with Gasteiger partial charge in [0.2, 0.25) is 5.91 Å². The van der Waals surface area contributed by atoms with Crippen LogP contribution in [0.5, 0.6) is 0 Å². The Bertz CT molecular complexity index is 607. The molecule has 1 fully saturated rings. The van der Waals surface area contributed by atoms with E-state index in [0.29, 0.717) is 23.1 Å². The van der Waals surface area contributed by atoms with Gasteiger partial charge in [0.1, 0.15) is 0 Å². The van der Waals surface area contributed by atoms with E-state index in [9.17, 15) is 9.59 Å². The molecule has 1 aromatic carbocycles. The van der Waals surface area contributed by atoms with E-state index < -0.39 is 5.97 Å². The van der Waals surface area contributed by atoms with E-state index in [1.165, 1.54) is 7.11 Å². The van der Waals surface area contributed by atoms with E-state index in [4.69, 9.17) is 4.74 Å². The topological polar surface area (TPSA) is 55.4 Å². The molecule has 4 heteroatoms. The molecule has 1 aromatic rings. The highest BCUT2D eigenvalue weighted by Gasteiger charge is 2.40. The lowest BCUT2D eigenvalue weighted by molar-refractivity contribution is -0.125. The second kappa shape index (κ2) is 7.37. The Morgan fingerprint density at radius 2 is 1.92 bits per heavy atom. The number of nitrogens with one attached hydrogen (secondary N) is 1. The van der Waals surface area contributed by atoms with Gasteiger partial charge in [0, 0.05) is 5.92 Å². The van der Waals surface area contributed by atoms with Crippen LogP contribution < -0.4 is 5.32 Å². The third-order valence-electron chi connectivity index (χ3n) is 5.23. The Labute approximate surface area is 145 Å². The Morgan fingerprint density at radius 1 is 1.25 bits per heavy atom. The van der Waals surface area contributed by atoms with Crippen LogP contribution in [0.1, 0.15) is 57.3 Å². The van der Waals surface area contributed by atoms with Crippen LogP contribution in [0, 0.1) is 23.2 Å². The average molecular weight is 331 g/mol. The van der Waals surface area contributed by atoms with Crippen LogP contribution in [-0.4, -0.2) is 19.0 Å². The molecule has 2 unspecified atom stereocenters. The zero-order chi connectivity index (χ0) is 17.9. The minimum Gasteiger partial charge on any atom is -0.465 e. The van der Waals surface area contributed by atoms with Crippen molar-refractivity contribution < 1.29 is 14.3 Å². The first-order chi connectivity index (χ1) is 11.2. The zero-order valence-corrected chi connectivity index (χ0v) is 15.4. The van der Waals surface area contributed by atoms with Gasteiger partial charge in [-0.05, 0) is 48.6 Å². The number of carbonyl (C=O) groups excluding carboxylic acids is 2. The molecule has 24 heavy (non-hydrogen) atoms. The standard InChI is InChI=1S/C20H29NO3/c1-13(2)14-10-11-20(3,4)12-16(14)18(22)21-17-9-7-6-8-15(17)19(23)24-5/h6-9,13-14,16H,10-12H2,1-5H3,(H,21,22). The number of rotatable bonds is 4. The molecule has 1 N–H and O–H groups in total. The largest absolute Gasteiger partial charge is 0.465 e. The van der Waals surface area contributed by atoms with Gasteiger partial charge in [0.05, 0.1) is 18.4 Å². The number of carbonyl (C=O) groups is 2. The Kier molecular flexibility index (Phi) is 5.68. The molecule has 132 valence electrons.